The molecule has 0 aliphatic carbocycles. The molecule has 0 saturated heterocycles. The van der Waals surface area contributed by atoms with E-state index < -0.39 is 23.1 Å². The summed E-state index contributed by atoms with van der Waals surface area (Å²) in [5.74, 6) is -0.885. The molecular formula is C31H23F3O6. The van der Waals surface area contributed by atoms with Crippen LogP contribution in [0.15, 0.2) is 106 Å². The van der Waals surface area contributed by atoms with Crippen LogP contribution in [0.25, 0.3) is 11.0 Å². The van der Waals surface area contributed by atoms with Crippen LogP contribution < -0.4 is 24.4 Å². The van der Waals surface area contributed by atoms with Gasteiger partial charge in [-0.1, -0.05) is 42.5 Å². The highest BCUT2D eigenvalue weighted by Crippen LogP contribution is 2.40. The van der Waals surface area contributed by atoms with Crippen LogP contribution in [0.2, 0.25) is 0 Å². The van der Waals surface area contributed by atoms with E-state index in [-0.39, 0.29) is 41.4 Å². The van der Waals surface area contributed by atoms with Gasteiger partial charge in [0.1, 0.15) is 29.4 Å². The summed E-state index contributed by atoms with van der Waals surface area (Å²) < 4.78 is 69.6. The molecule has 0 spiro atoms. The zero-order valence-corrected chi connectivity index (χ0v) is 21.2. The normalized spacial score (nSPS) is 11.3. The van der Waals surface area contributed by atoms with Crippen LogP contribution in [-0.4, -0.2) is 6.61 Å². The van der Waals surface area contributed by atoms with Crippen molar-refractivity contribution in [2.45, 2.75) is 19.7 Å². The summed E-state index contributed by atoms with van der Waals surface area (Å²) in [7, 11) is 0. The van der Waals surface area contributed by atoms with Gasteiger partial charge < -0.3 is 23.4 Å². The van der Waals surface area contributed by atoms with E-state index in [1.807, 2.05) is 36.4 Å². The van der Waals surface area contributed by atoms with Gasteiger partial charge in [0.15, 0.2) is 11.5 Å². The van der Waals surface area contributed by atoms with E-state index in [1.165, 1.54) is 30.3 Å². The van der Waals surface area contributed by atoms with Crippen LogP contribution >= 0.6 is 0 Å². The Kier molecular flexibility index (Phi) is 7.63. The van der Waals surface area contributed by atoms with Crippen molar-refractivity contribution < 1.29 is 36.5 Å². The Labute approximate surface area is 227 Å². The number of ether oxygens (including phenoxy) is 4. The molecule has 0 bridgehead atoms. The molecule has 204 valence electrons. The van der Waals surface area contributed by atoms with Gasteiger partial charge in [0, 0.05) is 6.07 Å². The highest BCUT2D eigenvalue weighted by Gasteiger charge is 2.40. The number of hydrogen-bond donors (Lipinski definition) is 0. The van der Waals surface area contributed by atoms with Crippen molar-refractivity contribution in [1.29, 1.82) is 0 Å². The van der Waals surface area contributed by atoms with Gasteiger partial charge >= 0.3 is 6.18 Å². The van der Waals surface area contributed by atoms with Gasteiger partial charge in [-0.3, -0.25) is 4.79 Å². The van der Waals surface area contributed by atoms with Crippen LogP contribution in [0.4, 0.5) is 13.2 Å². The summed E-state index contributed by atoms with van der Waals surface area (Å²) >= 11 is 0. The zero-order chi connectivity index (χ0) is 28.1. The Morgan fingerprint density at radius 2 is 1.45 bits per heavy atom. The van der Waals surface area contributed by atoms with E-state index >= 15 is 0 Å². The summed E-state index contributed by atoms with van der Waals surface area (Å²) in [5, 5.41) is -0.0949. The Hall–Kier alpha value is -4.92. The predicted molar refractivity (Wildman–Crippen MR) is 142 cm³/mol. The molecule has 0 saturated carbocycles. The molecule has 0 fully saturated rings. The molecule has 0 atom stereocenters. The number of benzene rings is 4. The first-order valence-corrected chi connectivity index (χ1v) is 12.3. The summed E-state index contributed by atoms with van der Waals surface area (Å²) in [4.78, 5) is 13.2. The Morgan fingerprint density at radius 1 is 0.725 bits per heavy atom. The molecule has 0 radical (unpaired) electrons. The second-order valence-corrected chi connectivity index (χ2v) is 8.58. The molecule has 4 aromatic carbocycles. The van der Waals surface area contributed by atoms with Crippen LogP contribution in [0, 0.1) is 0 Å². The molecule has 5 aromatic rings. The Bertz CT molecular complexity index is 1680. The minimum Gasteiger partial charge on any atom is -0.490 e. The van der Waals surface area contributed by atoms with Gasteiger partial charge in [-0.15, -0.1) is 0 Å². The van der Waals surface area contributed by atoms with E-state index in [2.05, 4.69) is 0 Å². The first-order chi connectivity index (χ1) is 19.3. The lowest BCUT2D eigenvalue weighted by Gasteiger charge is -2.15. The SMILES string of the molecule is CCOc1ccccc1Oc1c(C(F)(F)F)oc2cc(OCc3cccc(Oc4ccccc4)c3)ccc2c1=O. The van der Waals surface area contributed by atoms with Crippen molar-refractivity contribution in [1.82, 2.24) is 0 Å². The quantitative estimate of drug-likeness (QED) is 0.184. The fraction of sp³-hybridized carbons (Fsp3) is 0.129. The first-order valence-electron chi connectivity index (χ1n) is 12.3. The molecule has 0 amide bonds. The molecule has 0 aliphatic rings. The molecule has 0 N–H and O–H groups in total. The molecule has 0 unspecified atom stereocenters. The third-order valence-corrected chi connectivity index (χ3v) is 5.72. The third-order valence-electron chi connectivity index (χ3n) is 5.72. The minimum atomic E-state index is -5.00. The lowest BCUT2D eigenvalue weighted by molar-refractivity contribution is -0.154. The zero-order valence-electron chi connectivity index (χ0n) is 21.2. The fourth-order valence-electron chi connectivity index (χ4n) is 3.93. The summed E-state index contributed by atoms with van der Waals surface area (Å²) in [6, 6.07) is 26.7. The van der Waals surface area contributed by atoms with Gasteiger partial charge in [-0.05, 0) is 61.0 Å². The fourth-order valence-corrected chi connectivity index (χ4v) is 3.93. The van der Waals surface area contributed by atoms with E-state index in [1.54, 1.807) is 37.3 Å². The van der Waals surface area contributed by atoms with Gasteiger partial charge in [0.05, 0.1) is 12.0 Å². The average molecular weight is 549 g/mol. The summed E-state index contributed by atoms with van der Waals surface area (Å²) in [6.07, 6.45) is -5.00. The predicted octanol–water partition coefficient (Wildman–Crippen LogP) is 8.37. The van der Waals surface area contributed by atoms with Crippen molar-refractivity contribution in [3.05, 3.63) is 119 Å². The maximum absolute atomic E-state index is 14.0. The maximum atomic E-state index is 14.0. The van der Waals surface area contributed by atoms with Crippen LogP contribution in [0.5, 0.6) is 34.5 Å². The monoisotopic (exact) mass is 548 g/mol. The van der Waals surface area contributed by atoms with Crippen molar-refractivity contribution in [2.75, 3.05) is 6.61 Å². The van der Waals surface area contributed by atoms with E-state index in [9.17, 15) is 18.0 Å². The smallest absolute Gasteiger partial charge is 0.453 e. The topological polar surface area (TPSA) is 67.1 Å². The molecule has 1 heterocycles. The number of rotatable bonds is 9. The number of fused-ring (bicyclic) bond motifs is 1. The van der Waals surface area contributed by atoms with Crippen molar-refractivity contribution >= 4 is 11.0 Å². The lowest BCUT2D eigenvalue weighted by atomic mass is 10.2. The Morgan fingerprint density at radius 3 is 2.20 bits per heavy atom. The summed E-state index contributed by atoms with van der Waals surface area (Å²) in [6.45, 7) is 2.08. The lowest BCUT2D eigenvalue weighted by Crippen LogP contribution is -2.15. The first kappa shape index (κ1) is 26.7. The second kappa shape index (κ2) is 11.4. The highest BCUT2D eigenvalue weighted by atomic mass is 19.4. The number of hydrogen-bond acceptors (Lipinski definition) is 6. The van der Waals surface area contributed by atoms with Gasteiger partial charge in [-0.25, -0.2) is 0 Å². The molecule has 5 rings (SSSR count). The maximum Gasteiger partial charge on any atom is 0.453 e. The average Bonchev–Trinajstić information content (AvgIpc) is 2.94. The van der Waals surface area contributed by atoms with E-state index in [4.69, 9.17) is 23.4 Å². The molecule has 0 aliphatic heterocycles. The van der Waals surface area contributed by atoms with Crippen molar-refractivity contribution in [3.8, 4) is 34.5 Å². The minimum absolute atomic E-state index is 0.0417. The molecule has 1 aromatic heterocycles. The van der Waals surface area contributed by atoms with Gasteiger partial charge in [0.2, 0.25) is 11.2 Å². The number of halogens is 3. The number of para-hydroxylation sites is 3. The third kappa shape index (κ3) is 6.04. The van der Waals surface area contributed by atoms with Gasteiger partial charge in [-0.2, -0.15) is 13.2 Å². The molecular weight excluding hydrogens is 525 g/mol. The van der Waals surface area contributed by atoms with E-state index in [0.717, 1.165) is 5.56 Å². The molecule has 9 heteroatoms. The standard InChI is InChI=1S/C31H23F3O6/c1-2-36-25-13-6-7-14-26(25)39-29-28(35)24-16-15-22(18-27(24)40-30(29)31(32,33)34)37-19-20-9-8-12-23(17-20)38-21-10-4-3-5-11-21/h3-18H,2,19H2,1H3. The van der Waals surface area contributed by atoms with Gasteiger partial charge in [0.25, 0.3) is 5.76 Å². The number of alkyl halides is 3. The molecule has 40 heavy (non-hydrogen) atoms. The highest BCUT2D eigenvalue weighted by molar-refractivity contribution is 5.80. The van der Waals surface area contributed by atoms with Crippen LogP contribution in [-0.2, 0) is 12.8 Å². The van der Waals surface area contributed by atoms with Crippen molar-refractivity contribution in [3.63, 3.8) is 0 Å². The van der Waals surface area contributed by atoms with Crippen molar-refractivity contribution in [2.24, 2.45) is 0 Å². The van der Waals surface area contributed by atoms with Crippen LogP contribution in [0.3, 0.4) is 0 Å². The Balaban J connectivity index is 1.42. The molecule has 6 nitrogen and oxygen atoms in total. The summed E-state index contributed by atoms with van der Waals surface area (Å²) in [5.41, 5.74) is -0.499. The van der Waals surface area contributed by atoms with E-state index in [0.29, 0.717) is 11.5 Å². The second-order valence-electron chi connectivity index (χ2n) is 8.58. The van der Waals surface area contributed by atoms with Crippen LogP contribution in [0.1, 0.15) is 18.2 Å². The largest absolute Gasteiger partial charge is 0.490 e.